The van der Waals surface area contributed by atoms with E-state index in [4.69, 9.17) is 4.42 Å². The summed E-state index contributed by atoms with van der Waals surface area (Å²) in [4.78, 5) is 13.3. The fourth-order valence-electron chi connectivity index (χ4n) is 2.95. The predicted octanol–water partition coefficient (Wildman–Crippen LogP) is 1.59. The van der Waals surface area contributed by atoms with Gasteiger partial charge in [0.2, 0.25) is 0 Å². The Kier molecular flexibility index (Phi) is 3.15. The third-order valence-corrected chi connectivity index (χ3v) is 4.20. The van der Waals surface area contributed by atoms with E-state index in [-0.39, 0.29) is 5.63 Å². The first-order valence-corrected chi connectivity index (χ1v) is 7.01. The number of aryl methyl sites for hydroxylation is 2. The molecule has 0 atom stereocenters. The highest BCUT2D eigenvalue weighted by Gasteiger charge is 2.18. The lowest BCUT2D eigenvalue weighted by Gasteiger charge is -2.13. The largest absolute Gasteiger partial charge is 0.423 e. The summed E-state index contributed by atoms with van der Waals surface area (Å²) in [5.74, 6) is 0. The molecule has 19 heavy (non-hydrogen) atoms. The molecule has 3 nitrogen and oxygen atoms in total. The van der Waals surface area contributed by atoms with Crippen LogP contribution in [0.2, 0.25) is 0 Å². The number of fused-ring (bicyclic) bond motifs is 1. The topological polar surface area (TPSA) is 34.6 Å². The zero-order chi connectivity index (χ0) is 13.4. The zero-order valence-corrected chi connectivity index (χ0v) is 11.6. The molecule has 0 amide bonds. The molecule has 1 N–H and O–H groups in total. The minimum Gasteiger partial charge on any atom is -0.423 e. The van der Waals surface area contributed by atoms with Crippen molar-refractivity contribution in [3.63, 3.8) is 0 Å². The van der Waals surface area contributed by atoms with Gasteiger partial charge in [0.25, 0.3) is 0 Å². The third-order valence-electron chi connectivity index (χ3n) is 4.20. The molecule has 0 radical (unpaired) electrons. The second-order valence-electron chi connectivity index (χ2n) is 5.66. The Morgan fingerprint density at radius 2 is 1.79 bits per heavy atom. The first-order chi connectivity index (χ1) is 9.13. The normalized spacial score (nSPS) is 16.3. The van der Waals surface area contributed by atoms with Gasteiger partial charge in [0.15, 0.2) is 0 Å². The van der Waals surface area contributed by atoms with Gasteiger partial charge >= 0.3 is 5.63 Å². The number of nitrogens with one attached hydrogen (secondary N) is 1. The van der Waals surface area contributed by atoms with Gasteiger partial charge in [-0.1, -0.05) is 0 Å². The quantitative estimate of drug-likeness (QED) is 0.830. The maximum Gasteiger partial charge on any atom is 0.336 e. The van der Waals surface area contributed by atoms with Crippen LogP contribution in [0.3, 0.4) is 0 Å². The summed E-state index contributed by atoms with van der Waals surface area (Å²) in [5.41, 5.74) is 4.04. The smallest absolute Gasteiger partial charge is 0.336 e. The minimum absolute atomic E-state index is 0.232. The van der Waals surface area contributed by atoms with E-state index in [0.717, 1.165) is 23.1 Å². The summed E-state index contributed by atoms with van der Waals surface area (Å²) < 4.78 is 5.34. The standard InChI is InChI=1S/C16H19NO2/c1-11-7-14-13(10-17-5-3-4-6-17)9-16(18)19-15(14)8-12(11)2/h7-9H,3-6,10H2,1-2H3/p+1. The summed E-state index contributed by atoms with van der Waals surface area (Å²) in [6.07, 6.45) is 2.60. The lowest BCUT2D eigenvalue weighted by Crippen LogP contribution is -3.08. The second-order valence-corrected chi connectivity index (χ2v) is 5.66. The Hall–Kier alpha value is -1.61. The predicted molar refractivity (Wildman–Crippen MR) is 75.6 cm³/mol. The molecule has 3 rings (SSSR count). The van der Waals surface area contributed by atoms with Gasteiger partial charge in [-0.25, -0.2) is 4.79 Å². The van der Waals surface area contributed by atoms with Crippen molar-refractivity contribution in [1.29, 1.82) is 0 Å². The van der Waals surface area contributed by atoms with E-state index in [2.05, 4.69) is 13.0 Å². The van der Waals surface area contributed by atoms with E-state index in [1.165, 1.54) is 37.1 Å². The van der Waals surface area contributed by atoms with Crippen molar-refractivity contribution < 1.29 is 9.32 Å². The highest BCUT2D eigenvalue weighted by Crippen LogP contribution is 2.21. The lowest BCUT2D eigenvalue weighted by atomic mass is 10.0. The van der Waals surface area contributed by atoms with E-state index < -0.39 is 0 Å². The SMILES string of the molecule is Cc1cc2oc(=O)cc(C[NH+]3CCCC3)c2cc1C. The molecule has 0 bridgehead atoms. The lowest BCUT2D eigenvalue weighted by molar-refractivity contribution is -0.901. The molecule has 100 valence electrons. The van der Waals surface area contributed by atoms with Crippen LogP contribution in [-0.2, 0) is 6.54 Å². The van der Waals surface area contributed by atoms with E-state index >= 15 is 0 Å². The van der Waals surface area contributed by atoms with Gasteiger partial charge in [0.05, 0.1) is 13.1 Å². The van der Waals surface area contributed by atoms with Gasteiger partial charge in [0.1, 0.15) is 12.1 Å². The average Bonchev–Trinajstić information content (AvgIpc) is 2.84. The Morgan fingerprint density at radius 3 is 2.53 bits per heavy atom. The van der Waals surface area contributed by atoms with Crippen molar-refractivity contribution in [3.05, 3.63) is 45.3 Å². The first-order valence-electron chi connectivity index (χ1n) is 7.01. The molecule has 0 spiro atoms. The minimum atomic E-state index is -0.232. The van der Waals surface area contributed by atoms with Gasteiger partial charge in [0, 0.05) is 29.9 Å². The number of benzene rings is 1. The summed E-state index contributed by atoms with van der Waals surface area (Å²) in [6, 6.07) is 5.80. The van der Waals surface area contributed by atoms with Crippen molar-refractivity contribution in [2.45, 2.75) is 33.2 Å². The summed E-state index contributed by atoms with van der Waals surface area (Å²) in [5, 5.41) is 1.10. The number of quaternary nitrogens is 1. The maximum absolute atomic E-state index is 11.7. The van der Waals surface area contributed by atoms with Crippen LogP contribution in [0.15, 0.2) is 27.4 Å². The fourth-order valence-corrected chi connectivity index (χ4v) is 2.95. The molecule has 1 aromatic heterocycles. The highest BCUT2D eigenvalue weighted by atomic mass is 16.4. The zero-order valence-electron chi connectivity index (χ0n) is 11.6. The number of hydrogen-bond acceptors (Lipinski definition) is 2. The van der Waals surface area contributed by atoms with Gasteiger partial charge in [-0.05, 0) is 37.1 Å². The molecule has 1 saturated heterocycles. The third kappa shape index (κ3) is 2.43. The molecule has 0 unspecified atom stereocenters. The summed E-state index contributed by atoms with van der Waals surface area (Å²) in [6.45, 7) is 7.52. The Morgan fingerprint density at radius 1 is 1.11 bits per heavy atom. The number of rotatable bonds is 2. The van der Waals surface area contributed by atoms with E-state index in [0.29, 0.717) is 0 Å². The van der Waals surface area contributed by atoms with Crippen LogP contribution in [0.5, 0.6) is 0 Å². The van der Waals surface area contributed by atoms with Crippen LogP contribution < -0.4 is 10.5 Å². The van der Waals surface area contributed by atoms with Crippen LogP contribution in [0.1, 0.15) is 29.5 Å². The summed E-state index contributed by atoms with van der Waals surface area (Å²) in [7, 11) is 0. The number of hydrogen-bond donors (Lipinski definition) is 1. The van der Waals surface area contributed by atoms with Gasteiger partial charge in [-0.15, -0.1) is 0 Å². The molecule has 1 aliphatic rings. The van der Waals surface area contributed by atoms with Crippen LogP contribution >= 0.6 is 0 Å². The molecule has 1 aliphatic heterocycles. The van der Waals surface area contributed by atoms with Crippen LogP contribution in [0.4, 0.5) is 0 Å². The molecule has 1 aromatic carbocycles. The summed E-state index contributed by atoms with van der Waals surface area (Å²) >= 11 is 0. The Balaban J connectivity index is 2.11. The van der Waals surface area contributed by atoms with E-state index in [1.54, 1.807) is 11.0 Å². The van der Waals surface area contributed by atoms with Gasteiger partial charge in [-0.3, -0.25) is 0 Å². The molecular weight excluding hydrogens is 238 g/mol. The first kappa shape index (κ1) is 12.4. The average molecular weight is 258 g/mol. The van der Waals surface area contributed by atoms with Gasteiger partial charge < -0.3 is 9.32 Å². The fraction of sp³-hybridized carbons (Fsp3) is 0.438. The van der Waals surface area contributed by atoms with Crippen molar-refractivity contribution in [2.24, 2.45) is 0 Å². The number of likely N-dealkylation sites (tertiary alicyclic amines) is 1. The molecule has 3 heteroatoms. The van der Waals surface area contributed by atoms with Crippen LogP contribution in [0.25, 0.3) is 11.0 Å². The Labute approximate surface area is 112 Å². The van der Waals surface area contributed by atoms with Crippen molar-refractivity contribution in [2.75, 3.05) is 13.1 Å². The van der Waals surface area contributed by atoms with Crippen LogP contribution in [0, 0.1) is 13.8 Å². The molecule has 2 heterocycles. The molecule has 0 saturated carbocycles. The maximum atomic E-state index is 11.7. The van der Waals surface area contributed by atoms with Crippen LogP contribution in [-0.4, -0.2) is 13.1 Å². The second kappa shape index (κ2) is 4.82. The van der Waals surface area contributed by atoms with Crippen molar-refractivity contribution in [3.8, 4) is 0 Å². The van der Waals surface area contributed by atoms with Crippen molar-refractivity contribution >= 4 is 11.0 Å². The monoisotopic (exact) mass is 258 g/mol. The molecule has 0 aliphatic carbocycles. The molecule has 2 aromatic rings. The van der Waals surface area contributed by atoms with E-state index in [9.17, 15) is 4.79 Å². The van der Waals surface area contributed by atoms with Gasteiger partial charge in [-0.2, -0.15) is 0 Å². The molecular formula is C16H20NO2+. The van der Waals surface area contributed by atoms with Crippen molar-refractivity contribution in [1.82, 2.24) is 0 Å². The highest BCUT2D eigenvalue weighted by molar-refractivity contribution is 5.81. The van der Waals surface area contributed by atoms with E-state index in [1.807, 2.05) is 13.0 Å². The Bertz CT molecular complexity index is 666. The molecule has 1 fully saturated rings.